The van der Waals surface area contributed by atoms with E-state index in [1.54, 1.807) is 0 Å². The average Bonchev–Trinajstić information content (AvgIpc) is 3.42. The first kappa shape index (κ1) is 19.5. The maximum Gasteiger partial charge on any atom is 0.289 e. The molecule has 0 aliphatic carbocycles. The van der Waals surface area contributed by atoms with E-state index in [0.717, 1.165) is 12.2 Å². The van der Waals surface area contributed by atoms with E-state index in [1.165, 1.54) is 63.9 Å². The molecule has 162 valence electrons. The number of allylic oxidation sites excluding steroid dienone is 1. The van der Waals surface area contributed by atoms with Gasteiger partial charge in [0.1, 0.15) is 0 Å². The Bertz CT molecular complexity index is 1920. The van der Waals surface area contributed by atoms with Crippen molar-refractivity contribution in [2.24, 2.45) is 7.05 Å². The first-order valence-corrected chi connectivity index (χ1v) is 12.4. The molecule has 0 unspecified atom stereocenters. The molecule has 0 saturated heterocycles. The zero-order valence-electron chi connectivity index (χ0n) is 18.9. The van der Waals surface area contributed by atoms with Crippen molar-refractivity contribution >= 4 is 64.1 Å². The lowest BCUT2D eigenvalue weighted by Crippen LogP contribution is -2.29. The molecule has 0 fully saturated rings. The van der Waals surface area contributed by atoms with Crippen LogP contribution in [0.15, 0.2) is 97.6 Å². The quantitative estimate of drug-likeness (QED) is 0.205. The van der Waals surface area contributed by atoms with E-state index < -0.39 is 0 Å². The molecule has 5 aromatic carbocycles. The predicted octanol–water partition coefficient (Wildman–Crippen LogP) is 8.06. The molecule has 0 aliphatic heterocycles. The Labute approximate surface area is 201 Å². The molecular weight excluding hydrogens is 432 g/mol. The fraction of sp³-hybridized carbons (Fsp3) is 0.0645. The summed E-state index contributed by atoms with van der Waals surface area (Å²) >= 11 is 1.91. The van der Waals surface area contributed by atoms with Crippen LogP contribution in [0.1, 0.15) is 5.56 Å². The normalized spacial score (nSPS) is 11.9. The first-order chi connectivity index (χ1) is 16.7. The number of hydrogen-bond donors (Lipinski definition) is 1. The van der Waals surface area contributed by atoms with E-state index in [9.17, 15) is 0 Å². The van der Waals surface area contributed by atoms with Crippen molar-refractivity contribution in [3.05, 3.63) is 103 Å². The third-order valence-corrected chi connectivity index (χ3v) is 8.34. The summed E-state index contributed by atoms with van der Waals surface area (Å²) in [5, 5.41) is 7.76. The summed E-state index contributed by atoms with van der Waals surface area (Å²) < 4.78 is 5.00. The van der Waals surface area contributed by atoms with Gasteiger partial charge in [0.25, 0.3) is 5.82 Å². The van der Waals surface area contributed by atoms with Crippen molar-refractivity contribution in [3.63, 3.8) is 0 Å². The number of benzene rings is 5. The summed E-state index contributed by atoms with van der Waals surface area (Å²) in [5.41, 5.74) is 4.97. The van der Waals surface area contributed by atoms with Crippen molar-refractivity contribution in [3.8, 4) is 11.4 Å². The van der Waals surface area contributed by atoms with Gasteiger partial charge in [0, 0.05) is 20.9 Å². The number of aromatic nitrogens is 2. The number of thiophene rings is 1. The largest absolute Gasteiger partial charge is 0.289 e. The Morgan fingerprint density at radius 1 is 0.765 bits per heavy atom. The smallest absolute Gasteiger partial charge is 0.236 e. The average molecular weight is 456 g/mol. The van der Waals surface area contributed by atoms with Crippen LogP contribution in [0.5, 0.6) is 0 Å². The molecule has 0 saturated carbocycles. The fourth-order valence-electron chi connectivity index (χ4n) is 5.42. The third kappa shape index (κ3) is 2.65. The number of nitrogens with one attached hydrogen (secondary N) is 1. The highest BCUT2D eigenvalue weighted by Gasteiger charge is 2.25. The molecule has 7 aromatic rings. The molecular formula is C31H23N2S+. The topological polar surface area (TPSA) is 19.7 Å². The van der Waals surface area contributed by atoms with Gasteiger partial charge in [-0.15, -0.1) is 17.9 Å². The summed E-state index contributed by atoms with van der Waals surface area (Å²) in [6.07, 6.45) is 2.84. The van der Waals surface area contributed by atoms with Gasteiger partial charge in [0.05, 0.1) is 17.3 Å². The SMILES string of the molecule is C=CCc1ccc2c(sc3c4ccccc4ccc23)c1-c1[nH]c2c3ccccc3ccc2[n+]1C. The monoisotopic (exact) mass is 455 g/mol. The second-order valence-corrected chi connectivity index (χ2v) is 9.97. The minimum atomic E-state index is 0.830. The van der Waals surface area contributed by atoms with Gasteiger partial charge in [-0.2, -0.15) is 0 Å². The summed E-state index contributed by atoms with van der Waals surface area (Å²) in [5.74, 6) is 1.14. The lowest BCUT2D eigenvalue weighted by atomic mass is 9.99. The van der Waals surface area contributed by atoms with Crippen molar-refractivity contribution in [1.29, 1.82) is 0 Å². The summed E-state index contributed by atoms with van der Waals surface area (Å²) in [6.45, 7) is 4.05. The van der Waals surface area contributed by atoms with Gasteiger partial charge in [0.15, 0.2) is 11.0 Å². The summed E-state index contributed by atoms with van der Waals surface area (Å²) in [4.78, 5) is 3.83. The van der Waals surface area contributed by atoms with Crippen LogP contribution in [0.4, 0.5) is 0 Å². The Morgan fingerprint density at radius 3 is 2.26 bits per heavy atom. The second-order valence-electron chi connectivity index (χ2n) is 8.95. The highest BCUT2D eigenvalue weighted by Crippen LogP contribution is 2.44. The van der Waals surface area contributed by atoms with Crippen LogP contribution in [0, 0.1) is 0 Å². The summed E-state index contributed by atoms with van der Waals surface area (Å²) in [6, 6.07) is 30.8. The lowest BCUT2D eigenvalue weighted by Gasteiger charge is -2.06. The molecule has 2 aromatic heterocycles. The first-order valence-electron chi connectivity index (χ1n) is 11.6. The Hall–Kier alpha value is -3.95. The molecule has 0 radical (unpaired) electrons. The molecule has 1 N–H and O–H groups in total. The number of aryl methyl sites for hydroxylation is 1. The molecule has 3 heteroatoms. The molecule has 2 heterocycles. The Balaban J connectivity index is 1.63. The number of aromatic amines is 1. The van der Waals surface area contributed by atoms with Gasteiger partial charge in [-0.3, -0.25) is 0 Å². The highest BCUT2D eigenvalue weighted by molar-refractivity contribution is 7.27. The van der Waals surface area contributed by atoms with Crippen LogP contribution < -0.4 is 4.57 Å². The van der Waals surface area contributed by atoms with Crippen LogP contribution >= 0.6 is 11.3 Å². The van der Waals surface area contributed by atoms with Crippen LogP contribution in [0.3, 0.4) is 0 Å². The Morgan fingerprint density at radius 2 is 1.44 bits per heavy atom. The molecule has 0 bridgehead atoms. The van der Waals surface area contributed by atoms with E-state index in [0.29, 0.717) is 0 Å². The van der Waals surface area contributed by atoms with Gasteiger partial charge in [-0.25, -0.2) is 9.55 Å². The van der Waals surface area contributed by atoms with Gasteiger partial charge >= 0.3 is 0 Å². The van der Waals surface area contributed by atoms with E-state index in [-0.39, 0.29) is 0 Å². The molecule has 7 rings (SSSR count). The minimum absolute atomic E-state index is 0.830. The third-order valence-electron chi connectivity index (χ3n) is 7.07. The molecule has 2 nitrogen and oxygen atoms in total. The number of hydrogen-bond acceptors (Lipinski definition) is 1. The number of nitrogens with zero attached hydrogens (tertiary/aromatic N) is 1. The molecule has 34 heavy (non-hydrogen) atoms. The molecule has 0 amide bonds. The number of H-pyrrole nitrogens is 1. The maximum atomic E-state index is 4.05. The summed E-state index contributed by atoms with van der Waals surface area (Å²) in [7, 11) is 2.17. The van der Waals surface area contributed by atoms with Crippen LogP contribution in [0.2, 0.25) is 0 Å². The van der Waals surface area contributed by atoms with Gasteiger partial charge < -0.3 is 0 Å². The molecule has 0 atom stereocenters. The second kappa shape index (κ2) is 7.28. The zero-order valence-corrected chi connectivity index (χ0v) is 19.7. The van der Waals surface area contributed by atoms with Crippen molar-refractivity contribution < 1.29 is 4.57 Å². The standard InChI is InChI=1S/C31H22N2S/c1-3-8-21-14-17-25-24-16-13-20-10-5-7-12-23(20)29(24)34-30(25)27(21)31-32-28-22-11-6-4-9-19(22)15-18-26(28)33(31)2/h3-7,9-18H,1,8H2,2H3/p+1. The van der Waals surface area contributed by atoms with Crippen molar-refractivity contribution in [2.75, 3.05) is 0 Å². The van der Waals surface area contributed by atoms with Crippen molar-refractivity contribution in [1.82, 2.24) is 4.98 Å². The Kier molecular flexibility index (Phi) is 4.18. The van der Waals surface area contributed by atoms with E-state index in [2.05, 4.69) is 108 Å². The number of rotatable bonds is 3. The zero-order chi connectivity index (χ0) is 22.8. The van der Waals surface area contributed by atoms with Crippen LogP contribution in [-0.2, 0) is 13.5 Å². The van der Waals surface area contributed by atoms with Gasteiger partial charge in [-0.1, -0.05) is 72.8 Å². The van der Waals surface area contributed by atoms with Gasteiger partial charge in [0.2, 0.25) is 0 Å². The van der Waals surface area contributed by atoms with E-state index >= 15 is 0 Å². The molecule has 0 spiro atoms. The van der Waals surface area contributed by atoms with Crippen LogP contribution in [0.25, 0.3) is 64.1 Å². The van der Waals surface area contributed by atoms with Crippen molar-refractivity contribution in [2.45, 2.75) is 6.42 Å². The van der Waals surface area contributed by atoms with E-state index in [1.807, 2.05) is 17.4 Å². The highest BCUT2D eigenvalue weighted by atomic mass is 32.1. The molecule has 0 aliphatic rings. The lowest BCUT2D eigenvalue weighted by molar-refractivity contribution is -0.633. The number of imidazole rings is 1. The minimum Gasteiger partial charge on any atom is -0.236 e. The maximum absolute atomic E-state index is 4.05. The predicted molar refractivity (Wildman–Crippen MR) is 147 cm³/mol. The number of fused-ring (bicyclic) bond motifs is 8. The fourth-order valence-corrected chi connectivity index (χ4v) is 6.82. The van der Waals surface area contributed by atoms with Gasteiger partial charge in [-0.05, 0) is 46.3 Å². The van der Waals surface area contributed by atoms with E-state index in [4.69, 9.17) is 0 Å². The van der Waals surface area contributed by atoms with Crippen LogP contribution in [-0.4, -0.2) is 4.98 Å².